The molecule has 0 aromatic rings. The highest BCUT2D eigenvalue weighted by Crippen LogP contribution is 2.09. The van der Waals surface area contributed by atoms with E-state index in [1.54, 1.807) is 18.9 Å². The molecule has 1 amide bonds. The Kier molecular flexibility index (Phi) is 6.52. The lowest BCUT2D eigenvalue weighted by Gasteiger charge is -2.23. The fraction of sp³-hybridized carbons (Fsp3) is 0.909. The first-order valence-corrected chi connectivity index (χ1v) is 5.60. The standard InChI is InChI=1S/C11H24N2O2/c1-5-7-11(3,15)9-12-8-10(14)13(4)6-2/h12,15H,5-9H2,1-4H3. The number of nitrogens with one attached hydrogen (secondary N) is 1. The van der Waals surface area contributed by atoms with Gasteiger partial charge >= 0.3 is 0 Å². The Labute approximate surface area is 92.7 Å². The maximum atomic E-state index is 11.4. The van der Waals surface area contributed by atoms with Crippen LogP contribution in [0.4, 0.5) is 0 Å². The molecule has 90 valence electrons. The van der Waals surface area contributed by atoms with Gasteiger partial charge in [0.05, 0.1) is 12.1 Å². The number of aliphatic hydroxyl groups is 1. The van der Waals surface area contributed by atoms with Gasteiger partial charge in [-0.05, 0) is 20.3 Å². The molecule has 0 radical (unpaired) electrons. The molecule has 0 fully saturated rings. The van der Waals surface area contributed by atoms with E-state index in [4.69, 9.17) is 0 Å². The Balaban J connectivity index is 3.74. The first-order valence-electron chi connectivity index (χ1n) is 5.60. The van der Waals surface area contributed by atoms with E-state index in [1.807, 2.05) is 13.8 Å². The summed E-state index contributed by atoms with van der Waals surface area (Å²) in [6.07, 6.45) is 1.69. The Morgan fingerprint density at radius 3 is 2.53 bits per heavy atom. The second-order valence-corrected chi connectivity index (χ2v) is 4.26. The van der Waals surface area contributed by atoms with E-state index in [2.05, 4.69) is 5.32 Å². The number of nitrogens with zero attached hydrogens (tertiary/aromatic N) is 1. The van der Waals surface area contributed by atoms with Crippen molar-refractivity contribution in [2.75, 3.05) is 26.7 Å². The molecular weight excluding hydrogens is 192 g/mol. The number of rotatable bonds is 7. The van der Waals surface area contributed by atoms with Gasteiger partial charge in [0.2, 0.25) is 5.91 Å². The van der Waals surface area contributed by atoms with Gasteiger partial charge in [0.1, 0.15) is 0 Å². The van der Waals surface area contributed by atoms with Gasteiger partial charge in [0.15, 0.2) is 0 Å². The monoisotopic (exact) mass is 216 g/mol. The van der Waals surface area contributed by atoms with Crippen LogP contribution in [0.3, 0.4) is 0 Å². The normalized spacial score (nSPS) is 14.7. The Morgan fingerprint density at radius 2 is 2.07 bits per heavy atom. The summed E-state index contributed by atoms with van der Waals surface area (Å²) in [7, 11) is 1.77. The van der Waals surface area contributed by atoms with Crippen LogP contribution >= 0.6 is 0 Å². The molecule has 0 aromatic heterocycles. The van der Waals surface area contributed by atoms with Gasteiger partial charge in [-0.25, -0.2) is 0 Å². The van der Waals surface area contributed by atoms with Crippen LogP contribution in [-0.4, -0.2) is 48.2 Å². The fourth-order valence-corrected chi connectivity index (χ4v) is 1.38. The van der Waals surface area contributed by atoms with Gasteiger partial charge in [0, 0.05) is 20.1 Å². The minimum atomic E-state index is -0.709. The van der Waals surface area contributed by atoms with E-state index in [9.17, 15) is 9.90 Å². The molecule has 0 aliphatic carbocycles. The number of likely N-dealkylation sites (N-methyl/N-ethyl adjacent to an activating group) is 1. The summed E-state index contributed by atoms with van der Waals surface area (Å²) in [5.74, 6) is 0.0600. The quantitative estimate of drug-likeness (QED) is 0.655. The highest BCUT2D eigenvalue weighted by atomic mass is 16.3. The number of carbonyl (C=O) groups excluding carboxylic acids is 1. The smallest absolute Gasteiger partial charge is 0.236 e. The van der Waals surface area contributed by atoms with E-state index in [0.717, 1.165) is 12.8 Å². The Bertz CT molecular complexity index is 193. The third-order valence-electron chi connectivity index (χ3n) is 2.47. The first-order chi connectivity index (χ1) is 6.93. The third kappa shape index (κ3) is 6.47. The van der Waals surface area contributed by atoms with Gasteiger partial charge in [0.25, 0.3) is 0 Å². The second kappa shape index (κ2) is 6.80. The van der Waals surface area contributed by atoms with Crippen LogP contribution in [0, 0.1) is 0 Å². The summed E-state index contributed by atoms with van der Waals surface area (Å²) in [6, 6.07) is 0. The highest BCUT2D eigenvalue weighted by molar-refractivity contribution is 5.77. The predicted molar refractivity (Wildman–Crippen MR) is 61.7 cm³/mol. The predicted octanol–water partition coefficient (Wildman–Crippen LogP) is 0.605. The Morgan fingerprint density at radius 1 is 1.47 bits per heavy atom. The molecule has 0 saturated carbocycles. The maximum Gasteiger partial charge on any atom is 0.236 e. The summed E-state index contributed by atoms with van der Waals surface area (Å²) in [5, 5.41) is 12.8. The lowest BCUT2D eigenvalue weighted by Crippen LogP contribution is -2.42. The van der Waals surface area contributed by atoms with E-state index in [1.165, 1.54) is 0 Å². The van der Waals surface area contributed by atoms with Gasteiger partial charge in [-0.3, -0.25) is 4.79 Å². The van der Waals surface area contributed by atoms with Gasteiger partial charge in [-0.1, -0.05) is 13.3 Å². The molecule has 0 aliphatic heterocycles. The average molecular weight is 216 g/mol. The number of carbonyl (C=O) groups is 1. The minimum absolute atomic E-state index is 0.0600. The van der Waals surface area contributed by atoms with Gasteiger partial charge in [-0.15, -0.1) is 0 Å². The summed E-state index contributed by atoms with van der Waals surface area (Å²) >= 11 is 0. The Hall–Kier alpha value is -0.610. The molecule has 0 bridgehead atoms. The molecule has 1 unspecified atom stereocenters. The van der Waals surface area contributed by atoms with Crippen molar-refractivity contribution in [3.63, 3.8) is 0 Å². The molecule has 4 heteroatoms. The molecule has 15 heavy (non-hydrogen) atoms. The molecule has 1 atom stereocenters. The zero-order valence-electron chi connectivity index (χ0n) is 10.3. The van der Waals surface area contributed by atoms with Crippen LogP contribution in [0.15, 0.2) is 0 Å². The van der Waals surface area contributed by atoms with E-state index in [0.29, 0.717) is 19.6 Å². The van der Waals surface area contributed by atoms with Crippen molar-refractivity contribution in [3.8, 4) is 0 Å². The number of hydrogen-bond donors (Lipinski definition) is 2. The number of amides is 1. The molecule has 0 aromatic carbocycles. The molecule has 0 rings (SSSR count). The first kappa shape index (κ1) is 14.4. The lowest BCUT2D eigenvalue weighted by molar-refractivity contribution is -0.128. The van der Waals surface area contributed by atoms with Crippen molar-refractivity contribution >= 4 is 5.91 Å². The maximum absolute atomic E-state index is 11.4. The molecule has 2 N–H and O–H groups in total. The van der Waals surface area contributed by atoms with Crippen molar-refractivity contribution in [2.45, 2.75) is 39.2 Å². The second-order valence-electron chi connectivity index (χ2n) is 4.26. The molecule has 4 nitrogen and oxygen atoms in total. The molecule has 0 aliphatic rings. The molecule has 0 saturated heterocycles. The largest absolute Gasteiger partial charge is 0.389 e. The fourth-order valence-electron chi connectivity index (χ4n) is 1.38. The van der Waals surface area contributed by atoms with Gasteiger partial charge < -0.3 is 15.3 Å². The van der Waals surface area contributed by atoms with Crippen LogP contribution in [-0.2, 0) is 4.79 Å². The van der Waals surface area contributed by atoms with Crippen LogP contribution in [0.5, 0.6) is 0 Å². The number of hydrogen-bond acceptors (Lipinski definition) is 3. The lowest BCUT2D eigenvalue weighted by atomic mass is 10.0. The van der Waals surface area contributed by atoms with Crippen LogP contribution in [0.2, 0.25) is 0 Å². The summed E-state index contributed by atoms with van der Waals surface area (Å²) in [5.41, 5.74) is -0.709. The van der Waals surface area contributed by atoms with Crippen molar-refractivity contribution in [3.05, 3.63) is 0 Å². The van der Waals surface area contributed by atoms with E-state index in [-0.39, 0.29) is 5.91 Å². The molecular formula is C11H24N2O2. The SMILES string of the molecule is CCCC(C)(O)CNCC(=O)N(C)CC. The van der Waals surface area contributed by atoms with Crippen LogP contribution < -0.4 is 5.32 Å². The highest BCUT2D eigenvalue weighted by Gasteiger charge is 2.18. The van der Waals surface area contributed by atoms with Crippen molar-refractivity contribution in [1.29, 1.82) is 0 Å². The minimum Gasteiger partial charge on any atom is -0.389 e. The summed E-state index contributed by atoms with van der Waals surface area (Å²) < 4.78 is 0. The van der Waals surface area contributed by atoms with E-state index < -0.39 is 5.60 Å². The van der Waals surface area contributed by atoms with Gasteiger partial charge in [-0.2, -0.15) is 0 Å². The zero-order valence-corrected chi connectivity index (χ0v) is 10.3. The molecule has 0 heterocycles. The van der Waals surface area contributed by atoms with Crippen molar-refractivity contribution in [2.24, 2.45) is 0 Å². The van der Waals surface area contributed by atoms with E-state index >= 15 is 0 Å². The third-order valence-corrected chi connectivity index (χ3v) is 2.47. The summed E-state index contributed by atoms with van der Waals surface area (Å²) in [4.78, 5) is 13.1. The topological polar surface area (TPSA) is 52.6 Å². The zero-order chi connectivity index (χ0) is 11.9. The average Bonchev–Trinajstić information content (AvgIpc) is 2.15. The van der Waals surface area contributed by atoms with Crippen molar-refractivity contribution in [1.82, 2.24) is 10.2 Å². The van der Waals surface area contributed by atoms with Crippen LogP contribution in [0.25, 0.3) is 0 Å². The van der Waals surface area contributed by atoms with Crippen LogP contribution in [0.1, 0.15) is 33.6 Å². The summed E-state index contributed by atoms with van der Waals surface area (Å²) in [6.45, 7) is 7.23. The molecule has 0 spiro atoms. The van der Waals surface area contributed by atoms with Crippen molar-refractivity contribution < 1.29 is 9.90 Å².